The molecule has 1 saturated heterocycles. The highest BCUT2D eigenvalue weighted by molar-refractivity contribution is 7.09. The van der Waals surface area contributed by atoms with Gasteiger partial charge in [0, 0.05) is 38.2 Å². The van der Waals surface area contributed by atoms with Crippen molar-refractivity contribution in [3.63, 3.8) is 0 Å². The Morgan fingerprint density at radius 1 is 1.59 bits per heavy atom. The third-order valence-electron chi connectivity index (χ3n) is 3.79. The third kappa shape index (κ3) is 5.41. The smallest absolute Gasteiger partial charge is 0.236 e. The molecule has 6 heteroatoms. The molecule has 1 fully saturated rings. The number of amides is 1. The highest BCUT2D eigenvalue weighted by Crippen LogP contribution is 2.17. The Hall–Kier alpha value is -1.42. The number of hydrogen-bond donors (Lipinski definition) is 0. The van der Waals surface area contributed by atoms with Gasteiger partial charge in [-0.25, -0.2) is 0 Å². The molecule has 0 spiro atoms. The average Bonchev–Trinajstić information content (AvgIpc) is 3.18. The Morgan fingerprint density at radius 3 is 3.09 bits per heavy atom. The highest BCUT2D eigenvalue weighted by atomic mass is 32.1. The fourth-order valence-electron chi connectivity index (χ4n) is 2.54. The van der Waals surface area contributed by atoms with Gasteiger partial charge in [-0.2, -0.15) is 5.26 Å². The van der Waals surface area contributed by atoms with Crippen molar-refractivity contribution in [2.45, 2.75) is 31.9 Å². The number of hydrogen-bond acceptors (Lipinski definition) is 5. The predicted molar refractivity (Wildman–Crippen MR) is 86.4 cm³/mol. The largest absolute Gasteiger partial charge is 0.377 e. The molecule has 2 rings (SSSR count). The minimum Gasteiger partial charge on any atom is -0.377 e. The van der Waals surface area contributed by atoms with Gasteiger partial charge in [-0.05, 0) is 24.3 Å². The van der Waals surface area contributed by atoms with E-state index in [1.807, 2.05) is 6.07 Å². The summed E-state index contributed by atoms with van der Waals surface area (Å²) in [6.45, 7) is 3.25. The summed E-state index contributed by atoms with van der Waals surface area (Å²) in [5.41, 5.74) is 0. The molecule has 0 bridgehead atoms. The molecule has 1 aromatic heterocycles. The fourth-order valence-corrected chi connectivity index (χ4v) is 3.28. The summed E-state index contributed by atoms with van der Waals surface area (Å²) in [4.78, 5) is 17.4. The second-order valence-corrected chi connectivity index (χ2v) is 6.64. The summed E-state index contributed by atoms with van der Waals surface area (Å²) >= 11 is 1.71. The predicted octanol–water partition coefficient (Wildman–Crippen LogP) is 2.10. The van der Waals surface area contributed by atoms with E-state index < -0.39 is 0 Å². The van der Waals surface area contributed by atoms with Crippen LogP contribution < -0.4 is 0 Å². The van der Waals surface area contributed by atoms with Gasteiger partial charge in [0.2, 0.25) is 5.91 Å². The van der Waals surface area contributed by atoms with Gasteiger partial charge in [0.25, 0.3) is 0 Å². The molecule has 22 heavy (non-hydrogen) atoms. The molecule has 1 atom stereocenters. The van der Waals surface area contributed by atoms with Crippen LogP contribution in [0.15, 0.2) is 17.5 Å². The van der Waals surface area contributed by atoms with Gasteiger partial charge in [0.1, 0.15) is 0 Å². The van der Waals surface area contributed by atoms with Gasteiger partial charge in [0.15, 0.2) is 0 Å². The van der Waals surface area contributed by atoms with E-state index in [0.717, 1.165) is 32.5 Å². The average molecular weight is 321 g/mol. The van der Waals surface area contributed by atoms with E-state index in [1.54, 1.807) is 23.3 Å². The highest BCUT2D eigenvalue weighted by Gasteiger charge is 2.22. The van der Waals surface area contributed by atoms with E-state index in [2.05, 4.69) is 22.4 Å². The first-order valence-electron chi connectivity index (χ1n) is 7.66. The van der Waals surface area contributed by atoms with Crippen LogP contribution in [0.5, 0.6) is 0 Å². The zero-order chi connectivity index (χ0) is 15.8. The van der Waals surface area contributed by atoms with Gasteiger partial charge < -0.3 is 9.64 Å². The van der Waals surface area contributed by atoms with Gasteiger partial charge >= 0.3 is 0 Å². The minimum atomic E-state index is 0.0600. The molecule has 0 aliphatic carbocycles. The second-order valence-electron chi connectivity index (χ2n) is 5.61. The summed E-state index contributed by atoms with van der Waals surface area (Å²) in [5.74, 6) is 0.0600. The van der Waals surface area contributed by atoms with Crippen LogP contribution in [0.3, 0.4) is 0 Å². The number of nitrogens with zero attached hydrogens (tertiary/aromatic N) is 3. The molecule has 1 amide bonds. The lowest BCUT2D eigenvalue weighted by Gasteiger charge is -2.26. The molecule has 0 N–H and O–H groups in total. The molecule has 1 unspecified atom stereocenters. The van der Waals surface area contributed by atoms with Crippen molar-refractivity contribution in [2.75, 3.05) is 33.3 Å². The van der Waals surface area contributed by atoms with E-state index in [4.69, 9.17) is 10.00 Å². The Kier molecular flexibility index (Phi) is 6.84. The first kappa shape index (κ1) is 16.9. The van der Waals surface area contributed by atoms with Gasteiger partial charge in [0.05, 0.1) is 25.1 Å². The van der Waals surface area contributed by atoms with E-state index in [1.165, 1.54) is 4.88 Å². The molecule has 1 aliphatic heterocycles. The van der Waals surface area contributed by atoms with E-state index in [9.17, 15) is 4.79 Å². The van der Waals surface area contributed by atoms with Crippen LogP contribution in [0.2, 0.25) is 0 Å². The van der Waals surface area contributed by atoms with Crippen molar-refractivity contribution in [1.29, 1.82) is 5.26 Å². The summed E-state index contributed by atoms with van der Waals surface area (Å²) in [6.07, 6.45) is 2.78. The lowest BCUT2D eigenvalue weighted by atomic mass is 10.2. The van der Waals surface area contributed by atoms with Crippen molar-refractivity contribution in [3.8, 4) is 6.07 Å². The van der Waals surface area contributed by atoms with Crippen LogP contribution in [0, 0.1) is 11.3 Å². The maximum Gasteiger partial charge on any atom is 0.236 e. The van der Waals surface area contributed by atoms with Crippen molar-refractivity contribution in [3.05, 3.63) is 22.4 Å². The van der Waals surface area contributed by atoms with Crippen LogP contribution in [-0.4, -0.2) is 55.1 Å². The number of nitriles is 1. The fraction of sp³-hybridized carbons (Fsp3) is 0.625. The molecule has 0 radical (unpaired) electrons. The maximum atomic E-state index is 12.3. The first-order chi connectivity index (χ1) is 10.7. The molecule has 0 saturated carbocycles. The lowest BCUT2D eigenvalue weighted by Crippen LogP contribution is -2.41. The Bertz CT molecular complexity index is 492. The van der Waals surface area contributed by atoms with E-state index >= 15 is 0 Å². The lowest BCUT2D eigenvalue weighted by molar-refractivity contribution is -0.131. The Labute approximate surface area is 136 Å². The van der Waals surface area contributed by atoms with Gasteiger partial charge in [-0.15, -0.1) is 11.3 Å². The van der Waals surface area contributed by atoms with Crippen molar-refractivity contribution in [2.24, 2.45) is 0 Å². The summed E-state index contributed by atoms with van der Waals surface area (Å²) < 4.78 is 5.70. The number of rotatable bonds is 8. The molecule has 2 heterocycles. The van der Waals surface area contributed by atoms with E-state index in [-0.39, 0.29) is 12.0 Å². The van der Waals surface area contributed by atoms with Gasteiger partial charge in [-0.3, -0.25) is 9.69 Å². The normalized spacial score (nSPS) is 17.6. The number of carbonyl (C=O) groups is 1. The summed E-state index contributed by atoms with van der Waals surface area (Å²) in [5, 5.41) is 10.7. The van der Waals surface area contributed by atoms with E-state index in [0.29, 0.717) is 19.5 Å². The standard InChI is InChI=1S/C16H23N3O2S/c1-18(8-4-7-17)16(20)13-19(11-14-5-2-9-21-14)12-15-6-3-10-22-15/h3,6,10,14H,2,4-5,8-9,11-13H2,1H3. The van der Waals surface area contributed by atoms with Crippen molar-refractivity contribution in [1.82, 2.24) is 9.80 Å². The van der Waals surface area contributed by atoms with Crippen LogP contribution in [0.4, 0.5) is 0 Å². The number of ether oxygens (including phenoxy) is 1. The second kappa shape index (κ2) is 8.89. The molecular formula is C16H23N3O2S. The van der Waals surface area contributed by atoms with Crippen LogP contribution in [-0.2, 0) is 16.1 Å². The van der Waals surface area contributed by atoms with Crippen molar-refractivity contribution < 1.29 is 9.53 Å². The first-order valence-corrected chi connectivity index (χ1v) is 8.54. The Balaban J connectivity index is 1.90. The number of likely N-dealkylation sites (N-methyl/N-ethyl adjacent to an activating group) is 1. The number of thiophene rings is 1. The minimum absolute atomic E-state index is 0.0600. The summed E-state index contributed by atoms with van der Waals surface area (Å²) in [7, 11) is 1.76. The monoisotopic (exact) mass is 321 g/mol. The van der Waals surface area contributed by atoms with Crippen LogP contribution in [0.1, 0.15) is 24.1 Å². The van der Waals surface area contributed by atoms with Crippen LogP contribution >= 0.6 is 11.3 Å². The molecule has 5 nitrogen and oxygen atoms in total. The molecule has 0 aromatic carbocycles. The van der Waals surface area contributed by atoms with Gasteiger partial charge in [-0.1, -0.05) is 6.07 Å². The Morgan fingerprint density at radius 2 is 2.45 bits per heavy atom. The third-order valence-corrected chi connectivity index (χ3v) is 4.65. The SMILES string of the molecule is CN(CCC#N)C(=O)CN(Cc1cccs1)CC1CCCO1. The zero-order valence-corrected chi connectivity index (χ0v) is 13.8. The summed E-state index contributed by atoms with van der Waals surface area (Å²) in [6, 6.07) is 6.20. The van der Waals surface area contributed by atoms with Crippen LogP contribution in [0.25, 0.3) is 0 Å². The zero-order valence-electron chi connectivity index (χ0n) is 13.0. The quantitative estimate of drug-likeness (QED) is 0.736. The molecule has 1 aliphatic rings. The maximum absolute atomic E-state index is 12.3. The number of carbonyl (C=O) groups excluding carboxylic acids is 1. The topological polar surface area (TPSA) is 56.6 Å². The molecule has 1 aromatic rings. The molecular weight excluding hydrogens is 298 g/mol. The van der Waals surface area contributed by atoms with Crippen molar-refractivity contribution >= 4 is 17.2 Å². The molecule has 120 valence electrons.